The fraction of sp³-hybridized carbons (Fsp3) is 0.286. The lowest BCUT2D eigenvalue weighted by Gasteiger charge is -2.16. The molecule has 0 radical (unpaired) electrons. The van der Waals surface area contributed by atoms with Gasteiger partial charge >= 0.3 is 6.18 Å². The maximum atomic E-state index is 12.8. The molecule has 5 nitrogen and oxygen atoms in total. The molecule has 3 aromatic rings. The van der Waals surface area contributed by atoms with Gasteiger partial charge in [0.2, 0.25) is 17.7 Å². The number of hydrogen-bond donors (Lipinski definition) is 0. The van der Waals surface area contributed by atoms with Gasteiger partial charge in [-0.15, -0.1) is 10.2 Å². The van der Waals surface area contributed by atoms with Gasteiger partial charge in [-0.05, 0) is 17.2 Å². The number of alkyl halides is 3. The summed E-state index contributed by atoms with van der Waals surface area (Å²) in [6.45, 7) is 0.504. The zero-order chi connectivity index (χ0) is 20.9. The molecule has 0 aliphatic rings. The molecule has 0 N–H and O–H groups in total. The third-order valence-corrected chi connectivity index (χ3v) is 4.36. The van der Waals surface area contributed by atoms with E-state index in [9.17, 15) is 18.0 Å². The van der Waals surface area contributed by atoms with E-state index in [-0.39, 0.29) is 37.0 Å². The molecule has 0 saturated carbocycles. The van der Waals surface area contributed by atoms with Gasteiger partial charge in [0.25, 0.3) is 0 Å². The van der Waals surface area contributed by atoms with Crippen molar-refractivity contribution in [3.8, 4) is 0 Å². The fourth-order valence-electron chi connectivity index (χ4n) is 2.84. The van der Waals surface area contributed by atoms with Crippen molar-refractivity contribution in [1.29, 1.82) is 0 Å². The number of benzene rings is 2. The molecule has 1 amide bonds. The van der Waals surface area contributed by atoms with E-state index in [1.54, 1.807) is 18.0 Å². The molecule has 0 aliphatic heterocycles. The highest BCUT2D eigenvalue weighted by Gasteiger charge is 2.30. The summed E-state index contributed by atoms with van der Waals surface area (Å²) in [4.78, 5) is 13.9. The largest absolute Gasteiger partial charge is 0.425 e. The maximum absolute atomic E-state index is 12.8. The summed E-state index contributed by atoms with van der Waals surface area (Å²) in [5.74, 6) is 0.435. The highest BCUT2D eigenvalue weighted by atomic mass is 19.4. The molecule has 2 aromatic carbocycles. The maximum Gasteiger partial charge on any atom is 0.416 e. The Labute approximate surface area is 166 Å². The molecular weight excluding hydrogens is 383 g/mol. The number of aryl methyl sites for hydroxylation is 1. The first-order chi connectivity index (χ1) is 13.8. The highest BCUT2D eigenvalue weighted by molar-refractivity contribution is 5.76. The summed E-state index contributed by atoms with van der Waals surface area (Å²) in [6.07, 6.45) is -3.83. The van der Waals surface area contributed by atoms with Crippen molar-refractivity contribution in [3.63, 3.8) is 0 Å². The minimum absolute atomic E-state index is 0.0634. The van der Waals surface area contributed by atoms with E-state index in [1.807, 2.05) is 30.3 Å². The Bertz CT molecular complexity index is 955. The first-order valence-electron chi connectivity index (χ1n) is 9.06. The van der Waals surface area contributed by atoms with Gasteiger partial charge in [-0.25, -0.2) is 0 Å². The number of hydrogen-bond acceptors (Lipinski definition) is 4. The van der Waals surface area contributed by atoms with Crippen LogP contribution >= 0.6 is 0 Å². The standard InChI is InChI=1S/C21H20F3N3O2/c1-27(14-15-6-3-2-4-7-15)20(28)11-10-18-25-26-19(29-18)13-16-8-5-9-17(12-16)21(22,23)24/h2-9,12H,10-11,13-14H2,1H3. The Balaban J connectivity index is 1.53. The van der Waals surface area contributed by atoms with E-state index >= 15 is 0 Å². The second-order valence-electron chi connectivity index (χ2n) is 6.70. The van der Waals surface area contributed by atoms with Crippen molar-refractivity contribution in [2.75, 3.05) is 7.05 Å². The van der Waals surface area contributed by atoms with E-state index < -0.39 is 11.7 Å². The van der Waals surface area contributed by atoms with Crippen LogP contribution in [-0.2, 0) is 30.4 Å². The van der Waals surface area contributed by atoms with Crippen LogP contribution in [0.2, 0.25) is 0 Å². The van der Waals surface area contributed by atoms with Gasteiger partial charge in [0, 0.05) is 26.4 Å². The fourth-order valence-corrected chi connectivity index (χ4v) is 2.84. The zero-order valence-electron chi connectivity index (χ0n) is 15.8. The summed E-state index contributed by atoms with van der Waals surface area (Å²) in [5, 5.41) is 7.76. The first kappa shape index (κ1) is 20.6. The molecule has 0 bridgehead atoms. The van der Waals surface area contributed by atoms with Crippen molar-refractivity contribution in [1.82, 2.24) is 15.1 Å². The Morgan fingerprint density at radius 1 is 1.00 bits per heavy atom. The molecule has 0 unspecified atom stereocenters. The van der Waals surface area contributed by atoms with Gasteiger partial charge in [0.15, 0.2) is 0 Å². The van der Waals surface area contributed by atoms with E-state index in [4.69, 9.17) is 4.42 Å². The number of aromatic nitrogens is 2. The molecule has 0 fully saturated rings. The van der Waals surface area contributed by atoms with Crippen LogP contribution in [0.25, 0.3) is 0 Å². The average molecular weight is 403 g/mol. The van der Waals surface area contributed by atoms with Crippen LogP contribution in [0.5, 0.6) is 0 Å². The molecule has 1 heterocycles. The monoisotopic (exact) mass is 403 g/mol. The minimum atomic E-state index is -4.40. The van der Waals surface area contributed by atoms with E-state index in [1.165, 1.54) is 6.07 Å². The molecule has 0 atom stereocenters. The normalized spacial score (nSPS) is 11.4. The van der Waals surface area contributed by atoms with Crippen LogP contribution in [0, 0.1) is 0 Å². The lowest BCUT2D eigenvalue weighted by atomic mass is 10.1. The summed E-state index contributed by atoms with van der Waals surface area (Å²) >= 11 is 0. The van der Waals surface area contributed by atoms with Gasteiger partial charge in [0.1, 0.15) is 0 Å². The second-order valence-corrected chi connectivity index (χ2v) is 6.70. The molecular formula is C21H20F3N3O2. The molecule has 1 aromatic heterocycles. The predicted molar refractivity (Wildman–Crippen MR) is 99.8 cm³/mol. The van der Waals surface area contributed by atoms with Crippen molar-refractivity contribution >= 4 is 5.91 Å². The van der Waals surface area contributed by atoms with Crippen molar-refractivity contribution < 1.29 is 22.4 Å². The number of halogens is 3. The summed E-state index contributed by atoms with van der Waals surface area (Å²) in [5.41, 5.74) is 0.736. The van der Waals surface area contributed by atoms with E-state index in [2.05, 4.69) is 10.2 Å². The van der Waals surface area contributed by atoms with Crippen molar-refractivity contribution in [2.45, 2.75) is 32.0 Å². The van der Waals surface area contributed by atoms with E-state index in [0.717, 1.165) is 17.7 Å². The Kier molecular flexibility index (Phi) is 6.31. The van der Waals surface area contributed by atoms with Crippen LogP contribution in [0.1, 0.15) is 34.9 Å². The molecule has 3 rings (SSSR count). The third-order valence-electron chi connectivity index (χ3n) is 4.36. The SMILES string of the molecule is CN(Cc1ccccc1)C(=O)CCc1nnc(Cc2cccc(C(F)(F)F)c2)o1. The molecule has 0 aliphatic carbocycles. The molecule has 152 valence electrons. The van der Waals surface area contributed by atoms with Crippen LogP contribution in [0.3, 0.4) is 0 Å². The lowest BCUT2D eigenvalue weighted by molar-refractivity contribution is -0.137. The highest BCUT2D eigenvalue weighted by Crippen LogP contribution is 2.29. The Morgan fingerprint density at radius 2 is 1.69 bits per heavy atom. The van der Waals surface area contributed by atoms with Gasteiger partial charge < -0.3 is 9.32 Å². The number of carbonyl (C=O) groups is 1. The van der Waals surface area contributed by atoms with Crippen LogP contribution in [0.4, 0.5) is 13.2 Å². The summed E-state index contributed by atoms with van der Waals surface area (Å²) in [7, 11) is 1.72. The Hall–Kier alpha value is -3.16. The van der Waals surface area contributed by atoms with Crippen molar-refractivity contribution in [2.24, 2.45) is 0 Å². The van der Waals surface area contributed by atoms with Gasteiger partial charge in [-0.2, -0.15) is 13.2 Å². The number of amides is 1. The summed E-state index contributed by atoms with van der Waals surface area (Å²) in [6, 6.07) is 14.6. The molecule has 0 saturated heterocycles. The average Bonchev–Trinajstić information content (AvgIpc) is 3.13. The van der Waals surface area contributed by atoms with Crippen LogP contribution in [0.15, 0.2) is 59.0 Å². The third kappa shape index (κ3) is 5.91. The number of carbonyl (C=O) groups excluding carboxylic acids is 1. The zero-order valence-corrected chi connectivity index (χ0v) is 15.8. The molecule has 29 heavy (non-hydrogen) atoms. The second kappa shape index (κ2) is 8.89. The lowest BCUT2D eigenvalue weighted by Crippen LogP contribution is -2.26. The minimum Gasteiger partial charge on any atom is -0.425 e. The molecule has 0 spiro atoms. The van der Waals surface area contributed by atoms with Crippen LogP contribution in [-0.4, -0.2) is 28.1 Å². The van der Waals surface area contributed by atoms with Gasteiger partial charge in [-0.1, -0.05) is 48.5 Å². The number of rotatable bonds is 7. The molecule has 8 heteroatoms. The topological polar surface area (TPSA) is 59.2 Å². The first-order valence-corrected chi connectivity index (χ1v) is 9.06. The smallest absolute Gasteiger partial charge is 0.416 e. The van der Waals surface area contributed by atoms with Crippen molar-refractivity contribution in [3.05, 3.63) is 83.1 Å². The van der Waals surface area contributed by atoms with E-state index in [0.29, 0.717) is 12.1 Å². The predicted octanol–water partition coefficient (Wildman–Crippen LogP) is 4.27. The Morgan fingerprint density at radius 3 is 2.41 bits per heavy atom. The summed E-state index contributed by atoms with van der Waals surface area (Å²) < 4.78 is 43.9. The quantitative estimate of drug-likeness (QED) is 0.591. The van der Waals surface area contributed by atoms with Crippen LogP contribution < -0.4 is 0 Å². The number of nitrogens with zero attached hydrogens (tertiary/aromatic N) is 3. The van der Waals surface area contributed by atoms with Gasteiger partial charge in [0.05, 0.1) is 12.0 Å². The van der Waals surface area contributed by atoms with Gasteiger partial charge in [-0.3, -0.25) is 4.79 Å².